The summed E-state index contributed by atoms with van der Waals surface area (Å²) >= 11 is 0. The van der Waals surface area contributed by atoms with Gasteiger partial charge in [-0.2, -0.15) is 0 Å². The van der Waals surface area contributed by atoms with E-state index in [4.69, 9.17) is 5.11 Å². The first-order valence-corrected chi connectivity index (χ1v) is 7.77. The van der Waals surface area contributed by atoms with Gasteiger partial charge in [0.15, 0.2) is 0 Å². The van der Waals surface area contributed by atoms with Crippen molar-refractivity contribution in [1.29, 1.82) is 0 Å². The molecule has 2 rings (SSSR count). The first-order chi connectivity index (χ1) is 10.4. The van der Waals surface area contributed by atoms with Gasteiger partial charge in [-0.1, -0.05) is 18.6 Å². The van der Waals surface area contributed by atoms with Crippen LogP contribution in [0.3, 0.4) is 0 Å². The molecule has 0 spiro atoms. The van der Waals surface area contributed by atoms with E-state index in [1.54, 1.807) is 0 Å². The second kappa shape index (κ2) is 6.81. The number of hydrogen-bond donors (Lipinski definition) is 3. The smallest absolute Gasteiger partial charge is 0.319 e. The van der Waals surface area contributed by atoms with E-state index in [2.05, 4.69) is 22.8 Å². The summed E-state index contributed by atoms with van der Waals surface area (Å²) in [5.41, 5.74) is 1.52. The third-order valence-corrected chi connectivity index (χ3v) is 4.16. The topological polar surface area (TPSA) is 78.4 Å². The van der Waals surface area contributed by atoms with Gasteiger partial charge in [-0.3, -0.25) is 4.79 Å². The molecule has 120 valence electrons. The molecule has 0 unspecified atom stereocenters. The molecule has 2 amide bonds. The van der Waals surface area contributed by atoms with Crippen LogP contribution >= 0.6 is 0 Å². The quantitative estimate of drug-likeness (QED) is 0.749. The van der Waals surface area contributed by atoms with Gasteiger partial charge in [-0.25, -0.2) is 4.79 Å². The Balaban J connectivity index is 1.84. The van der Waals surface area contributed by atoms with Crippen LogP contribution in [0.1, 0.15) is 57.4 Å². The Kier molecular flexibility index (Phi) is 5.06. The molecule has 0 aromatic heterocycles. The molecule has 5 heteroatoms. The molecule has 1 aromatic rings. The lowest BCUT2D eigenvalue weighted by molar-refractivity contribution is -0.137. The molecule has 1 aromatic carbocycles. The lowest BCUT2D eigenvalue weighted by Gasteiger charge is -2.26. The van der Waals surface area contributed by atoms with Crippen LogP contribution < -0.4 is 10.6 Å². The highest BCUT2D eigenvalue weighted by atomic mass is 16.4. The van der Waals surface area contributed by atoms with Gasteiger partial charge in [0, 0.05) is 17.6 Å². The van der Waals surface area contributed by atoms with E-state index < -0.39 is 11.5 Å². The summed E-state index contributed by atoms with van der Waals surface area (Å²) in [4.78, 5) is 22.6. The normalized spacial score (nSPS) is 15.0. The number of carbonyl (C=O) groups excluding carboxylic acids is 1. The fourth-order valence-electron chi connectivity index (χ4n) is 2.53. The van der Waals surface area contributed by atoms with Gasteiger partial charge in [0.05, 0.1) is 0 Å². The van der Waals surface area contributed by atoms with Gasteiger partial charge in [0.2, 0.25) is 0 Å². The second-order valence-electron chi connectivity index (χ2n) is 6.61. The maximum Gasteiger partial charge on any atom is 0.319 e. The zero-order chi connectivity index (χ0) is 16.2. The second-order valence-corrected chi connectivity index (χ2v) is 6.61. The monoisotopic (exact) mass is 304 g/mol. The fourth-order valence-corrected chi connectivity index (χ4v) is 2.53. The maximum absolute atomic E-state index is 12.0. The lowest BCUT2D eigenvalue weighted by Crippen LogP contribution is -2.45. The molecule has 0 saturated heterocycles. The van der Waals surface area contributed by atoms with Crippen molar-refractivity contribution in [2.24, 2.45) is 0 Å². The van der Waals surface area contributed by atoms with Crippen molar-refractivity contribution < 1.29 is 14.7 Å². The van der Waals surface area contributed by atoms with Crippen LogP contribution in [0.15, 0.2) is 24.3 Å². The molecule has 0 bridgehead atoms. The highest BCUT2D eigenvalue weighted by Gasteiger charge is 2.22. The van der Waals surface area contributed by atoms with Crippen molar-refractivity contribution in [3.63, 3.8) is 0 Å². The number of hydrogen-bond acceptors (Lipinski definition) is 2. The molecule has 0 heterocycles. The van der Waals surface area contributed by atoms with Crippen LogP contribution in [-0.2, 0) is 4.79 Å². The molecular formula is C17H24N2O3. The summed E-state index contributed by atoms with van der Waals surface area (Å²) < 4.78 is 0. The summed E-state index contributed by atoms with van der Waals surface area (Å²) in [6.45, 7) is 3.63. The number of rotatable bonds is 6. The van der Waals surface area contributed by atoms with Gasteiger partial charge >= 0.3 is 12.0 Å². The first kappa shape index (κ1) is 16.3. The van der Waals surface area contributed by atoms with E-state index in [0.717, 1.165) is 5.69 Å². The standard InChI is InChI=1S/C17H24N2O3/c1-17(2,11-10-15(20)21)19-16(22)18-14-8-6-13(7-9-14)12-4-3-5-12/h6-9,12H,3-5,10-11H2,1-2H3,(H,20,21)(H2,18,19,22). The van der Waals surface area contributed by atoms with Crippen molar-refractivity contribution in [1.82, 2.24) is 5.32 Å². The van der Waals surface area contributed by atoms with E-state index in [-0.39, 0.29) is 12.5 Å². The third-order valence-electron chi connectivity index (χ3n) is 4.16. The number of aliphatic carboxylic acids is 1. The van der Waals surface area contributed by atoms with Gasteiger partial charge < -0.3 is 15.7 Å². The summed E-state index contributed by atoms with van der Waals surface area (Å²) in [6.07, 6.45) is 4.23. The Morgan fingerprint density at radius 3 is 2.36 bits per heavy atom. The average molecular weight is 304 g/mol. The minimum Gasteiger partial charge on any atom is -0.481 e. The van der Waals surface area contributed by atoms with Crippen molar-refractivity contribution >= 4 is 17.7 Å². The molecule has 5 nitrogen and oxygen atoms in total. The SMILES string of the molecule is CC(C)(CCC(=O)O)NC(=O)Nc1ccc(C2CCC2)cc1. The molecular weight excluding hydrogens is 280 g/mol. The summed E-state index contributed by atoms with van der Waals surface area (Å²) in [7, 11) is 0. The van der Waals surface area contributed by atoms with Crippen molar-refractivity contribution in [3.8, 4) is 0 Å². The average Bonchev–Trinajstić information content (AvgIpc) is 2.36. The molecule has 1 aliphatic rings. The molecule has 1 fully saturated rings. The van der Waals surface area contributed by atoms with Crippen LogP contribution in [0, 0.1) is 0 Å². The Bertz CT molecular complexity index is 533. The predicted octanol–water partition coefficient (Wildman–Crippen LogP) is 3.72. The number of urea groups is 1. The maximum atomic E-state index is 12.0. The van der Waals surface area contributed by atoms with Gasteiger partial charge in [-0.05, 0) is 56.7 Å². The highest BCUT2D eigenvalue weighted by molar-refractivity contribution is 5.89. The molecule has 0 radical (unpaired) electrons. The van der Waals surface area contributed by atoms with Gasteiger partial charge in [-0.15, -0.1) is 0 Å². The lowest BCUT2D eigenvalue weighted by atomic mass is 9.80. The summed E-state index contributed by atoms with van der Waals surface area (Å²) in [5.74, 6) is -0.181. The molecule has 0 atom stereocenters. The van der Waals surface area contributed by atoms with Crippen LogP contribution in [-0.4, -0.2) is 22.6 Å². The minimum atomic E-state index is -0.859. The van der Waals surface area contributed by atoms with Gasteiger partial charge in [0.1, 0.15) is 0 Å². The van der Waals surface area contributed by atoms with E-state index >= 15 is 0 Å². The number of amides is 2. The zero-order valence-electron chi connectivity index (χ0n) is 13.2. The molecule has 3 N–H and O–H groups in total. The molecule has 0 aliphatic heterocycles. The zero-order valence-corrected chi connectivity index (χ0v) is 13.2. The molecule has 22 heavy (non-hydrogen) atoms. The Morgan fingerprint density at radius 1 is 1.23 bits per heavy atom. The Hall–Kier alpha value is -2.04. The highest BCUT2D eigenvalue weighted by Crippen LogP contribution is 2.36. The third kappa shape index (κ3) is 4.76. The van der Waals surface area contributed by atoms with E-state index in [9.17, 15) is 9.59 Å². The van der Waals surface area contributed by atoms with Crippen molar-refractivity contribution in [3.05, 3.63) is 29.8 Å². The summed E-state index contributed by atoms with van der Waals surface area (Å²) in [6, 6.07) is 7.64. The molecule has 1 aliphatic carbocycles. The largest absolute Gasteiger partial charge is 0.481 e. The van der Waals surface area contributed by atoms with Crippen molar-refractivity contribution in [2.75, 3.05) is 5.32 Å². The van der Waals surface area contributed by atoms with Crippen LogP contribution in [0.4, 0.5) is 10.5 Å². The first-order valence-electron chi connectivity index (χ1n) is 7.77. The number of carboxylic acid groups (broad SMARTS) is 1. The van der Waals surface area contributed by atoms with E-state index in [1.165, 1.54) is 24.8 Å². The number of carbonyl (C=O) groups is 2. The Labute approximate surface area is 131 Å². The fraction of sp³-hybridized carbons (Fsp3) is 0.529. The van der Waals surface area contributed by atoms with Crippen LogP contribution in [0.2, 0.25) is 0 Å². The Morgan fingerprint density at radius 2 is 1.86 bits per heavy atom. The van der Waals surface area contributed by atoms with Gasteiger partial charge in [0.25, 0.3) is 0 Å². The number of nitrogens with one attached hydrogen (secondary N) is 2. The predicted molar refractivity (Wildman–Crippen MR) is 86.1 cm³/mol. The number of benzene rings is 1. The van der Waals surface area contributed by atoms with Crippen LogP contribution in [0.25, 0.3) is 0 Å². The van der Waals surface area contributed by atoms with Crippen molar-refractivity contribution in [2.45, 2.75) is 57.4 Å². The number of carboxylic acids is 1. The van der Waals surface area contributed by atoms with E-state index in [0.29, 0.717) is 12.3 Å². The van der Waals surface area contributed by atoms with Crippen LogP contribution in [0.5, 0.6) is 0 Å². The summed E-state index contributed by atoms with van der Waals surface area (Å²) in [5, 5.41) is 14.3. The minimum absolute atomic E-state index is 0.0311. The molecule has 1 saturated carbocycles. The number of anilines is 1. The van der Waals surface area contributed by atoms with E-state index in [1.807, 2.05) is 26.0 Å².